The van der Waals surface area contributed by atoms with Crippen molar-refractivity contribution in [2.45, 2.75) is 55.0 Å². The first-order valence-electron chi connectivity index (χ1n) is 8.54. The molecule has 0 radical (unpaired) electrons. The molecule has 3 fully saturated rings. The number of fused-ring (bicyclic) bond motifs is 1. The number of thioether (sulfide) groups is 1. The predicted octanol–water partition coefficient (Wildman–Crippen LogP) is -1.15. The number of aliphatic hydroxyl groups excluding tert-OH is 1. The zero-order valence-electron chi connectivity index (χ0n) is 14.8. The van der Waals surface area contributed by atoms with Gasteiger partial charge in [-0.2, -0.15) is 0 Å². The molecule has 0 aromatic rings. The highest BCUT2D eigenvalue weighted by atomic mass is 32.2. The van der Waals surface area contributed by atoms with Crippen LogP contribution >= 0.6 is 11.8 Å². The van der Waals surface area contributed by atoms with E-state index in [1.54, 1.807) is 13.8 Å². The number of carbonyl (C=O) groups excluding carboxylic acids is 3. The van der Waals surface area contributed by atoms with Crippen LogP contribution in [0.5, 0.6) is 0 Å². The number of carbonyl (C=O) groups is 4. The first-order valence-corrected chi connectivity index (χ1v) is 9.42. The highest BCUT2D eigenvalue weighted by Crippen LogP contribution is 2.54. The Labute approximate surface area is 155 Å². The van der Waals surface area contributed by atoms with Gasteiger partial charge in [-0.25, -0.2) is 4.79 Å². The van der Waals surface area contributed by atoms with Crippen molar-refractivity contribution in [3.63, 3.8) is 0 Å². The van der Waals surface area contributed by atoms with Crippen LogP contribution in [0.4, 0.5) is 0 Å². The van der Waals surface area contributed by atoms with Crippen molar-refractivity contribution in [3.8, 4) is 0 Å². The van der Waals surface area contributed by atoms with E-state index >= 15 is 0 Å². The molecule has 144 valence electrons. The summed E-state index contributed by atoms with van der Waals surface area (Å²) in [5, 5.41) is 21.9. The van der Waals surface area contributed by atoms with Crippen molar-refractivity contribution in [1.82, 2.24) is 15.1 Å². The number of carboxylic acids is 1. The third kappa shape index (κ3) is 2.66. The average Bonchev–Trinajstić information content (AvgIpc) is 3.14. The molecule has 5 atom stereocenters. The lowest BCUT2D eigenvalue weighted by Gasteiger charge is -2.45. The number of nitrogens with zero attached hydrogens (tertiary/aromatic N) is 2. The number of hydrogen-bond acceptors (Lipinski definition) is 6. The lowest BCUT2D eigenvalue weighted by molar-refractivity contribution is -0.173. The monoisotopic (exact) mass is 385 g/mol. The molecule has 26 heavy (non-hydrogen) atoms. The van der Waals surface area contributed by atoms with E-state index in [1.165, 1.54) is 28.6 Å². The topological polar surface area (TPSA) is 127 Å². The number of likely N-dealkylation sites (tertiary alicyclic amines) is 1. The maximum absolute atomic E-state index is 12.7. The summed E-state index contributed by atoms with van der Waals surface area (Å²) in [4.78, 5) is 51.3. The first-order chi connectivity index (χ1) is 12.1. The summed E-state index contributed by atoms with van der Waals surface area (Å²) in [6.07, 6.45) is -0.423. The molecule has 3 aliphatic rings. The molecule has 0 bridgehead atoms. The smallest absolute Gasteiger partial charge is 0.327 e. The van der Waals surface area contributed by atoms with E-state index in [2.05, 4.69) is 5.32 Å². The number of amides is 3. The normalized spacial score (nSPS) is 33.5. The van der Waals surface area contributed by atoms with Crippen LogP contribution < -0.4 is 5.32 Å². The summed E-state index contributed by atoms with van der Waals surface area (Å²) in [7, 11) is 1.48. The lowest BCUT2D eigenvalue weighted by atomic mass is 9.87. The number of nitrogens with one attached hydrogen (secondary N) is 1. The molecule has 0 unspecified atom stereocenters. The van der Waals surface area contributed by atoms with Gasteiger partial charge in [0.1, 0.15) is 24.1 Å². The van der Waals surface area contributed by atoms with Crippen LogP contribution in [0.1, 0.15) is 26.7 Å². The summed E-state index contributed by atoms with van der Waals surface area (Å²) >= 11 is 1.28. The Morgan fingerprint density at radius 1 is 1.35 bits per heavy atom. The van der Waals surface area contributed by atoms with Crippen LogP contribution in [0.15, 0.2) is 0 Å². The van der Waals surface area contributed by atoms with Crippen LogP contribution in [0.3, 0.4) is 0 Å². The molecule has 3 rings (SSSR count). The quantitative estimate of drug-likeness (QED) is 0.521. The van der Waals surface area contributed by atoms with Gasteiger partial charge < -0.3 is 25.3 Å². The number of aliphatic hydroxyl groups is 1. The summed E-state index contributed by atoms with van der Waals surface area (Å²) in [5.41, 5.74) is 0. The molecule has 9 nitrogen and oxygen atoms in total. The van der Waals surface area contributed by atoms with Gasteiger partial charge in [-0.05, 0) is 26.7 Å². The molecule has 3 saturated heterocycles. The zero-order chi connectivity index (χ0) is 19.4. The van der Waals surface area contributed by atoms with Gasteiger partial charge in [-0.15, -0.1) is 11.8 Å². The average molecular weight is 385 g/mol. The van der Waals surface area contributed by atoms with E-state index in [0.29, 0.717) is 19.4 Å². The number of hydrogen-bond donors (Lipinski definition) is 3. The molecule has 3 aliphatic heterocycles. The van der Waals surface area contributed by atoms with E-state index in [4.69, 9.17) is 0 Å². The van der Waals surface area contributed by atoms with Gasteiger partial charge in [0.2, 0.25) is 11.8 Å². The Kier molecular flexibility index (Phi) is 4.68. The van der Waals surface area contributed by atoms with Gasteiger partial charge in [0.25, 0.3) is 5.91 Å². The van der Waals surface area contributed by atoms with E-state index < -0.39 is 52.0 Å². The molecular weight excluding hydrogens is 362 g/mol. The SMILES string of the molecule is CNC(=O)[C@@H]1CCCN1C(=O)[C@@H](O)[C@@H]1C(=O)N2[C@@H]1SC(C)(C)[C@@H]2C(=O)O. The maximum atomic E-state index is 12.7. The van der Waals surface area contributed by atoms with Gasteiger partial charge in [0.05, 0.1) is 5.37 Å². The molecule has 10 heteroatoms. The number of likely N-dealkylation sites (N-methyl/N-ethyl adjacent to an activating group) is 1. The molecule has 0 saturated carbocycles. The lowest BCUT2D eigenvalue weighted by Crippen LogP contribution is -2.67. The van der Waals surface area contributed by atoms with Crippen molar-refractivity contribution < 1.29 is 29.4 Å². The van der Waals surface area contributed by atoms with Crippen molar-refractivity contribution in [2.24, 2.45) is 5.92 Å². The molecule has 0 aromatic carbocycles. The van der Waals surface area contributed by atoms with Gasteiger partial charge in [-0.3, -0.25) is 14.4 Å². The Morgan fingerprint density at radius 3 is 2.58 bits per heavy atom. The predicted molar refractivity (Wildman–Crippen MR) is 92.0 cm³/mol. The third-order valence-electron chi connectivity index (χ3n) is 5.39. The molecular formula is C16H23N3O6S. The van der Waals surface area contributed by atoms with E-state index in [-0.39, 0.29) is 5.91 Å². The Balaban J connectivity index is 1.76. The van der Waals surface area contributed by atoms with Crippen molar-refractivity contribution in [1.29, 1.82) is 0 Å². The Bertz CT molecular complexity index is 668. The Hall–Kier alpha value is -1.81. The second-order valence-corrected chi connectivity index (χ2v) is 9.14. The van der Waals surface area contributed by atoms with E-state index in [9.17, 15) is 29.4 Å². The van der Waals surface area contributed by atoms with Crippen LogP contribution in [-0.2, 0) is 19.2 Å². The summed E-state index contributed by atoms with van der Waals surface area (Å²) in [5.74, 6) is -3.56. The van der Waals surface area contributed by atoms with Crippen molar-refractivity contribution in [3.05, 3.63) is 0 Å². The second kappa shape index (κ2) is 6.41. The first kappa shape index (κ1) is 19.0. The van der Waals surface area contributed by atoms with Gasteiger partial charge in [-0.1, -0.05) is 0 Å². The largest absolute Gasteiger partial charge is 0.480 e. The van der Waals surface area contributed by atoms with E-state index in [1.807, 2.05) is 0 Å². The third-order valence-corrected chi connectivity index (χ3v) is 6.99. The minimum atomic E-state index is -1.58. The summed E-state index contributed by atoms with van der Waals surface area (Å²) in [6, 6.07) is -1.64. The number of aliphatic carboxylic acids is 1. The van der Waals surface area contributed by atoms with Gasteiger partial charge >= 0.3 is 5.97 Å². The van der Waals surface area contributed by atoms with E-state index in [0.717, 1.165) is 0 Å². The Morgan fingerprint density at radius 2 is 2.00 bits per heavy atom. The van der Waals surface area contributed by atoms with Crippen LogP contribution in [0.25, 0.3) is 0 Å². The minimum Gasteiger partial charge on any atom is -0.480 e. The van der Waals surface area contributed by atoms with Gasteiger partial charge in [0.15, 0.2) is 0 Å². The maximum Gasteiger partial charge on any atom is 0.327 e. The fourth-order valence-electron chi connectivity index (χ4n) is 4.13. The molecule has 3 amide bonds. The highest BCUT2D eigenvalue weighted by molar-refractivity contribution is 8.01. The van der Waals surface area contributed by atoms with Crippen molar-refractivity contribution in [2.75, 3.05) is 13.6 Å². The van der Waals surface area contributed by atoms with Crippen molar-refractivity contribution >= 4 is 35.5 Å². The number of rotatable bonds is 4. The highest BCUT2D eigenvalue weighted by Gasteiger charge is 2.66. The van der Waals surface area contributed by atoms with Gasteiger partial charge in [0, 0.05) is 18.3 Å². The number of carboxylic acid groups (broad SMARTS) is 1. The molecule has 0 aromatic heterocycles. The molecule has 3 heterocycles. The second-order valence-electron chi connectivity index (χ2n) is 7.37. The summed E-state index contributed by atoms with van der Waals surface area (Å²) in [6.45, 7) is 3.81. The fraction of sp³-hybridized carbons (Fsp3) is 0.750. The summed E-state index contributed by atoms with van der Waals surface area (Å²) < 4.78 is -0.720. The molecule has 3 N–H and O–H groups in total. The van der Waals surface area contributed by atoms with Crippen LogP contribution in [0.2, 0.25) is 0 Å². The standard InChI is InChI=1S/C16H23N3O6S/c1-16(2)10(15(24)25)19-12(22)8(14(19)26-16)9(20)13(23)18-6-4-5-7(18)11(21)17-3/h7-10,14,20H,4-6H2,1-3H3,(H,17,21)(H,24,25)/t7-,8+,9-,10-,14+/m0/s1. The minimum absolute atomic E-state index is 0.299. The number of β-lactam (4-membered cyclic amide) rings is 1. The zero-order valence-corrected chi connectivity index (χ0v) is 15.7. The fourth-order valence-corrected chi connectivity index (χ4v) is 5.84. The van der Waals surface area contributed by atoms with Crippen LogP contribution in [0, 0.1) is 5.92 Å². The molecule has 0 aliphatic carbocycles. The molecule has 0 spiro atoms. The van der Waals surface area contributed by atoms with Crippen LogP contribution in [-0.4, -0.2) is 85.6 Å².